The van der Waals surface area contributed by atoms with Gasteiger partial charge < -0.3 is 9.32 Å². The Balaban J connectivity index is 1.60. The van der Waals surface area contributed by atoms with Gasteiger partial charge in [-0.2, -0.15) is 5.26 Å². The van der Waals surface area contributed by atoms with Gasteiger partial charge in [0.25, 0.3) is 5.91 Å². The summed E-state index contributed by atoms with van der Waals surface area (Å²) in [6.07, 6.45) is 4.57. The lowest BCUT2D eigenvalue weighted by Gasteiger charge is -2.45. The maximum absolute atomic E-state index is 13.0. The van der Waals surface area contributed by atoms with Crippen molar-refractivity contribution in [2.24, 2.45) is 0 Å². The van der Waals surface area contributed by atoms with Crippen LogP contribution >= 0.6 is 0 Å². The molecule has 1 aromatic heterocycles. The molecule has 1 heterocycles. The Morgan fingerprint density at radius 1 is 1.29 bits per heavy atom. The van der Waals surface area contributed by atoms with Crippen molar-refractivity contribution in [2.75, 3.05) is 0 Å². The van der Waals surface area contributed by atoms with Gasteiger partial charge in [-0.1, -0.05) is 0 Å². The second-order valence-electron chi connectivity index (χ2n) is 6.61. The van der Waals surface area contributed by atoms with E-state index in [0.29, 0.717) is 17.3 Å². The first kappa shape index (κ1) is 14.9. The number of rotatable bonds is 4. The molecule has 0 aliphatic heterocycles. The summed E-state index contributed by atoms with van der Waals surface area (Å²) >= 11 is 0. The Kier molecular flexibility index (Phi) is 3.38. The predicted molar refractivity (Wildman–Crippen MR) is 85.9 cm³/mol. The summed E-state index contributed by atoms with van der Waals surface area (Å²) in [6, 6.07) is 9.79. The van der Waals surface area contributed by atoms with Crippen LogP contribution in [0.5, 0.6) is 0 Å². The van der Waals surface area contributed by atoms with E-state index in [2.05, 4.69) is 16.3 Å². The Labute approximate surface area is 140 Å². The Hall–Kier alpha value is -2.68. The molecule has 2 fully saturated rings. The Bertz CT molecular complexity index is 810. The maximum atomic E-state index is 13.0. The molecule has 0 spiro atoms. The molecule has 0 radical (unpaired) electrons. The molecule has 0 unspecified atom stereocenters. The molecule has 0 bridgehead atoms. The van der Waals surface area contributed by atoms with Crippen LogP contribution in [0.4, 0.5) is 0 Å². The molecule has 1 aromatic carbocycles. The van der Waals surface area contributed by atoms with Crippen molar-refractivity contribution in [3.8, 4) is 17.5 Å². The van der Waals surface area contributed by atoms with Gasteiger partial charge in [-0.3, -0.25) is 4.79 Å². The first-order valence-corrected chi connectivity index (χ1v) is 8.28. The van der Waals surface area contributed by atoms with Gasteiger partial charge in [-0.25, -0.2) is 0 Å². The number of nitriles is 1. The van der Waals surface area contributed by atoms with Crippen LogP contribution in [0, 0.1) is 18.3 Å². The molecule has 24 heavy (non-hydrogen) atoms. The van der Waals surface area contributed by atoms with Crippen LogP contribution in [0.15, 0.2) is 28.7 Å². The highest BCUT2D eigenvalue weighted by Gasteiger charge is 2.51. The SMILES string of the molecule is Cc1nnc(-c2ccc(C(=O)N(C3CC3)C3(C#N)CCC3)cc2)o1. The minimum absolute atomic E-state index is 0.0491. The van der Waals surface area contributed by atoms with Crippen molar-refractivity contribution in [3.63, 3.8) is 0 Å². The molecule has 122 valence electrons. The second kappa shape index (κ2) is 5.45. The standard InChI is InChI=1S/C18H18N4O2/c1-12-20-21-16(24-12)13-3-5-14(6-4-13)17(23)22(15-7-8-15)18(11-19)9-2-10-18/h3-6,15H,2,7-10H2,1H3. The van der Waals surface area contributed by atoms with Crippen molar-refractivity contribution in [2.45, 2.75) is 50.6 Å². The molecular formula is C18H18N4O2. The lowest BCUT2D eigenvalue weighted by atomic mass is 9.76. The zero-order valence-electron chi connectivity index (χ0n) is 13.5. The molecule has 2 saturated carbocycles. The van der Waals surface area contributed by atoms with Crippen molar-refractivity contribution in [3.05, 3.63) is 35.7 Å². The van der Waals surface area contributed by atoms with Crippen LogP contribution < -0.4 is 0 Å². The third kappa shape index (κ3) is 2.37. The lowest BCUT2D eigenvalue weighted by Crippen LogP contribution is -2.56. The number of aromatic nitrogens is 2. The van der Waals surface area contributed by atoms with Crippen LogP contribution in [0.1, 0.15) is 48.4 Å². The minimum Gasteiger partial charge on any atom is -0.421 e. The summed E-state index contributed by atoms with van der Waals surface area (Å²) in [5, 5.41) is 17.4. The Morgan fingerprint density at radius 3 is 2.46 bits per heavy atom. The lowest BCUT2D eigenvalue weighted by molar-refractivity contribution is 0.0361. The van der Waals surface area contributed by atoms with E-state index in [1.807, 2.05) is 17.0 Å². The number of amides is 1. The van der Waals surface area contributed by atoms with E-state index in [4.69, 9.17) is 4.42 Å². The van der Waals surface area contributed by atoms with Gasteiger partial charge in [-0.05, 0) is 56.4 Å². The fraction of sp³-hybridized carbons (Fsp3) is 0.444. The number of nitrogens with zero attached hydrogens (tertiary/aromatic N) is 4. The van der Waals surface area contributed by atoms with E-state index < -0.39 is 5.54 Å². The quantitative estimate of drug-likeness (QED) is 0.863. The van der Waals surface area contributed by atoms with Crippen LogP contribution in [0.2, 0.25) is 0 Å². The topological polar surface area (TPSA) is 83.0 Å². The summed E-state index contributed by atoms with van der Waals surface area (Å²) in [7, 11) is 0. The summed E-state index contributed by atoms with van der Waals surface area (Å²) < 4.78 is 5.40. The van der Waals surface area contributed by atoms with E-state index in [0.717, 1.165) is 37.7 Å². The maximum Gasteiger partial charge on any atom is 0.255 e. The zero-order valence-corrected chi connectivity index (χ0v) is 13.5. The number of hydrogen-bond acceptors (Lipinski definition) is 5. The van der Waals surface area contributed by atoms with E-state index >= 15 is 0 Å². The summed E-state index contributed by atoms with van der Waals surface area (Å²) in [6.45, 7) is 1.74. The zero-order chi connectivity index (χ0) is 16.7. The fourth-order valence-electron chi connectivity index (χ4n) is 3.27. The largest absolute Gasteiger partial charge is 0.421 e. The fourth-order valence-corrected chi connectivity index (χ4v) is 3.27. The molecule has 6 nitrogen and oxygen atoms in total. The number of hydrogen-bond donors (Lipinski definition) is 0. The Morgan fingerprint density at radius 2 is 2.00 bits per heavy atom. The molecule has 2 aliphatic carbocycles. The molecule has 2 aromatic rings. The highest BCUT2D eigenvalue weighted by Crippen LogP contribution is 2.44. The summed E-state index contributed by atoms with van der Waals surface area (Å²) in [5.41, 5.74) is 0.785. The molecule has 0 atom stereocenters. The van der Waals surface area contributed by atoms with Crippen LogP contribution in [0.25, 0.3) is 11.5 Å². The summed E-state index contributed by atoms with van der Waals surface area (Å²) in [5.74, 6) is 0.899. The van der Waals surface area contributed by atoms with Gasteiger partial charge >= 0.3 is 0 Å². The van der Waals surface area contributed by atoms with Gasteiger partial charge in [0.05, 0.1) is 6.07 Å². The third-order valence-electron chi connectivity index (χ3n) is 4.89. The smallest absolute Gasteiger partial charge is 0.255 e. The average molecular weight is 322 g/mol. The van der Waals surface area contributed by atoms with Gasteiger partial charge in [0.15, 0.2) is 0 Å². The first-order chi connectivity index (χ1) is 11.6. The third-order valence-corrected chi connectivity index (χ3v) is 4.89. The van der Waals surface area contributed by atoms with Gasteiger partial charge in [0.2, 0.25) is 11.8 Å². The minimum atomic E-state index is -0.597. The van der Waals surface area contributed by atoms with Gasteiger partial charge in [0.1, 0.15) is 5.54 Å². The first-order valence-electron chi connectivity index (χ1n) is 8.28. The van der Waals surface area contributed by atoms with Crippen molar-refractivity contribution in [1.82, 2.24) is 15.1 Å². The molecule has 0 N–H and O–H groups in total. The van der Waals surface area contributed by atoms with Crippen LogP contribution in [0.3, 0.4) is 0 Å². The van der Waals surface area contributed by atoms with E-state index in [1.165, 1.54) is 0 Å². The molecule has 2 aliphatic rings. The van der Waals surface area contributed by atoms with Crippen molar-refractivity contribution >= 4 is 5.91 Å². The van der Waals surface area contributed by atoms with Gasteiger partial charge in [-0.15, -0.1) is 10.2 Å². The highest BCUT2D eigenvalue weighted by molar-refractivity contribution is 5.96. The van der Waals surface area contributed by atoms with Crippen LogP contribution in [-0.4, -0.2) is 32.6 Å². The van der Waals surface area contributed by atoms with Crippen LogP contribution in [-0.2, 0) is 0 Å². The van der Waals surface area contributed by atoms with E-state index in [-0.39, 0.29) is 11.9 Å². The molecule has 0 saturated heterocycles. The van der Waals surface area contributed by atoms with Crippen molar-refractivity contribution < 1.29 is 9.21 Å². The average Bonchev–Trinajstić information content (AvgIpc) is 3.30. The normalized spacial score (nSPS) is 18.5. The molecule has 4 rings (SSSR count). The van der Waals surface area contributed by atoms with Gasteiger partial charge in [0, 0.05) is 24.1 Å². The monoisotopic (exact) mass is 322 g/mol. The molecule has 6 heteroatoms. The van der Waals surface area contributed by atoms with E-state index in [1.54, 1.807) is 19.1 Å². The number of carbonyl (C=O) groups excluding carboxylic acids is 1. The highest BCUT2D eigenvalue weighted by atomic mass is 16.4. The molecular weight excluding hydrogens is 304 g/mol. The molecule has 1 amide bonds. The number of carbonyl (C=O) groups is 1. The summed E-state index contributed by atoms with van der Waals surface area (Å²) in [4.78, 5) is 14.8. The second-order valence-corrected chi connectivity index (χ2v) is 6.61. The number of benzene rings is 1. The van der Waals surface area contributed by atoms with Crippen molar-refractivity contribution in [1.29, 1.82) is 5.26 Å². The number of aryl methyl sites for hydroxylation is 1. The van der Waals surface area contributed by atoms with E-state index in [9.17, 15) is 10.1 Å². The predicted octanol–water partition coefficient (Wildman–Crippen LogP) is 3.10.